The second-order valence-electron chi connectivity index (χ2n) is 7.54. The number of hydrogen-bond acceptors (Lipinski definition) is 4. The van der Waals surface area contributed by atoms with Gasteiger partial charge in [0.15, 0.2) is 0 Å². The number of piperidine rings is 1. The van der Waals surface area contributed by atoms with Crippen molar-refractivity contribution in [1.82, 2.24) is 4.90 Å². The van der Waals surface area contributed by atoms with Gasteiger partial charge in [0.2, 0.25) is 11.8 Å². The van der Waals surface area contributed by atoms with Crippen molar-refractivity contribution in [3.8, 4) is 0 Å². The van der Waals surface area contributed by atoms with Gasteiger partial charge in [0.05, 0.1) is 12.0 Å². The van der Waals surface area contributed by atoms with Gasteiger partial charge in [-0.25, -0.2) is 0 Å². The largest absolute Gasteiger partial charge is 0.341 e. The van der Waals surface area contributed by atoms with Crippen LogP contribution in [0, 0.1) is 12.8 Å². The minimum absolute atomic E-state index is 0. The summed E-state index contributed by atoms with van der Waals surface area (Å²) in [6.45, 7) is 3.36. The number of likely N-dealkylation sites (tertiary alicyclic amines) is 1. The van der Waals surface area contributed by atoms with Gasteiger partial charge in [-0.2, -0.15) is 0 Å². The molecule has 28 heavy (non-hydrogen) atoms. The van der Waals surface area contributed by atoms with Crippen molar-refractivity contribution in [1.29, 1.82) is 0 Å². The van der Waals surface area contributed by atoms with E-state index in [0.29, 0.717) is 25.9 Å². The second-order valence-corrected chi connectivity index (χ2v) is 8.52. The number of carbonyl (C=O) groups excluding carboxylic acids is 2. The third-order valence-electron chi connectivity index (χ3n) is 5.60. The van der Waals surface area contributed by atoms with Crippen molar-refractivity contribution >= 4 is 41.2 Å². The molecule has 2 aromatic rings. The van der Waals surface area contributed by atoms with Crippen LogP contribution in [0.15, 0.2) is 41.8 Å². The molecule has 0 spiro atoms. The number of benzene rings is 1. The van der Waals surface area contributed by atoms with Crippen LogP contribution >= 0.6 is 23.7 Å². The van der Waals surface area contributed by atoms with Crippen molar-refractivity contribution < 1.29 is 9.59 Å². The van der Waals surface area contributed by atoms with Gasteiger partial charge in [0.1, 0.15) is 0 Å². The SMILES string of the molecule is Cc1ccc(N2C(=O)CCC(C(=O)N3CC[C@@H](N)C3)C2c2cccs2)cc1.Cl. The van der Waals surface area contributed by atoms with Gasteiger partial charge in [-0.3, -0.25) is 9.59 Å². The fraction of sp³-hybridized carbons (Fsp3) is 0.429. The Morgan fingerprint density at radius 1 is 1.18 bits per heavy atom. The van der Waals surface area contributed by atoms with Crippen molar-refractivity contribution in [2.24, 2.45) is 11.7 Å². The molecule has 3 atom stereocenters. The lowest BCUT2D eigenvalue weighted by molar-refractivity contribution is -0.137. The van der Waals surface area contributed by atoms with E-state index >= 15 is 0 Å². The Kier molecular flexibility index (Phi) is 6.43. The quantitative estimate of drug-likeness (QED) is 0.827. The number of halogens is 1. The highest BCUT2D eigenvalue weighted by Gasteiger charge is 2.44. The fourth-order valence-electron chi connectivity index (χ4n) is 4.17. The average Bonchev–Trinajstić information content (AvgIpc) is 3.33. The van der Waals surface area contributed by atoms with E-state index in [9.17, 15) is 9.59 Å². The van der Waals surface area contributed by atoms with Crippen molar-refractivity contribution in [2.75, 3.05) is 18.0 Å². The molecule has 1 aromatic carbocycles. The number of hydrogen-bond donors (Lipinski definition) is 1. The van der Waals surface area contributed by atoms with Crippen LogP contribution in [0.25, 0.3) is 0 Å². The Bertz CT molecular complexity index is 825. The van der Waals surface area contributed by atoms with Crippen molar-refractivity contribution in [3.05, 3.63) is 52.2 Å². The zero-order valence-corrected chi connectivity index (χ0v) is 17.5. The van der Waals surface area contributed by atoms with Gasteiger partial charge in [-0.1, -0.05) is 23.8 Å². The van der Waals surface area contributed by atoms with Crippen LogP contribution in [-0.4, -0.2) is 35.8 Å². The van der Waals surface area contributed by atoms with Crippen LogP contribution in [-0.2, 0) is 9.59 Å². The number of thiophene rings is 1. The molecule has 2 N–H and O–H groups in total. The maximum atomic E-state index is 13.3. The van der Waals surface area contributed by atoms with Gasteiger partial charge in [0, 0.05) is 36.1 Å². The van der Waals surface area contributed by atoms with Crippen LogP contribution in [0.4, 0.5) is 5.69 Å². The topological polar surface area (TPSA) is 66.6 Å². The molecule has 7 heteroatoms. The Balaban J connectivity index is 0.00000225. The zero-order valence-electron chi connectivity index (χ0n) is 15.9. The number of nitrogens with two attached hydrogens (primary N) is 1. The van der Waals surface area contributed by atoms with E-state index in [1.807, 2.05) is 58.5 Å². The van der Waals surface area contributed by atoms with Gasteiger partial charge in [-0.15, -0.1) is 23.7 Å². The monoisotopic (exact) mass is 419 g/mol. The predicted octanol–water partition coefficient (Wildman–Crippen LogP) is 3.52. The number of amides is 2. The Labute approximate surface area is 175 Å². The van der Waals surface area contributed by atoms with E-state index in [-0.39, 0.29) is 42.2 Å². The van der Waals surface area contributed by atoms with E-state index in [1.165, 1.54) is 0 Å². The van der Waals surface area contributed by atoms with Crippen molar-refractivity contribution in [3.63, 3.8) is 0 Å². The molecular weight excluding hydrogens is 394 g/mol. The first-order valence-corrected chi connectivity index (χ1v) is 10.4. The van der Waals surface area contributed by atoms with Gasteiger partial charge in [0.25, 0.3) is 0 Å². The second kappa shape index (κ2) is 8.64. The Hall–Kier alpha value is -1.89. The van der Waals surface area contributed by atoms with E-state index in [4.69, 9.17) is 5.73 Å². The highest BCUT2D eigenvalue weighted by Crippen LogP contribution is 2.42. The molecule has 5 nitrogen and oxygen atoms in total. The number of aryl methyl sites for hydroxylation is 1. The first kappa shape index (κ1) is 20.8. The maximum absolute atomic E-state index is 13.3. The third kappa shape index (κ3) is 3.95. The molecule has 2 fully saturated rings. The fourth-order valence-corrected chi connectivity index (χ4v) is 5.05. The summed E-state index contributed by atoms with van der Waals surface area (Å²) in [7, 11) is 0. The first-order chi connectivity index (χ1) is 13.0. The van der Waals surface area contributed by atoms with E-state index < -0.39 is 0 Å². The highest BCUT2D eigenvalue weighted by atomic mass is 35.5. The van der Waals surface area contributed by atoms with Gasteiger partial charge >= 0.3 is 0 Å². The molecule has 2 aliphatic rings. The van der Waals surface area contributed by atoms with E-state index in [0.717, 1.165) is 22.5 Å². The summed E-state index contributed by atoms with van der Waals surface area (Å²) in [4.78, 5) is 31.0. The molecule has 1 aromatic heterocycles. The average molecular weight is 420 g/mol. The molecule has 2 unspecified atom stereocenters. The lowest BCUT2D eigenvalue weighted by Crippen LogP contribution is -2.49. The summed E-state index contributed by atoms with van der Waals surface area (Å²) in [5.41, 5.74) is 8.03. The maximum Gasteiger partial charge on any atom is 0.228 e. The third-order valence-corrected chi connectivity index (χ3v) is 6.54. The molecule has 0 radical (unpaired) electrons. The van der Waals surface area contributed by atoms with Gasteiger partial charge in [-0.05, 0) is 43.3 Å². The lowest BCUT2D eigenvalue weighted by atomic mass is 9.86. The van der Waals surface area contributed by atoms with E-state index in [1.54, 1.807) is 11.3 Å². The van der Waals surface area contributed by atoms with E-state index in [2.05, 4.69) is 0 Å². The summed E-state index contributed by atoms with van der Waals surface area (Å²) in [6, 6.07) is 11.8. The van der Waals surface area contributed by atoms with Crippen LogP contribution in [0.2, 0.25) is 0 Å². The number of rotatable bonds is 3. The van der Waals surface area contributed by atoms with Gasteiger partial charge < -0.3 is 15.5 Å². The molecule has 2 aliphatic heterocycles. The lowest BCUT2D eigenvalue weighted by Gasteiger charge is -2.41. The molecule has 0 saturated carbocycles. The highest BCUT2D eigenvalue weighted by molar-refractivity contribution is 7.10. The minimum Gasteiger partial charge on any atom is -0.341 e. The zero-order chi connectivity index (χ0) is 19.0. The van der Waals surface area contributed by atoms with Crippen LogP contribution in [0.1, 0.15) is 35.7 Å². The molecule has 0 aliphatic carbocycles. The Morgan fingerprint density at radius 2 is 1.93 bits per heavy atom. The molecule has 3 heterocycles. The van der Waals surface area contributed by atoms with Crippen LogP contribution in [0.3, 0.4) is 0 Å². The molecule has 2 amide bonds. The van der Waals surface area contributed by atoms with Crippen LogP contribution in [0.5, 0.6) is 0 Å². The summed E-state index contributed by atoms with van der Waals surface area (Å²) < 4.78 is 0. The number of anilines is 1. The Morgan fingerprint density at radius 3 is 2.54 bits per heavy atom. The summed E-state index contributed by atoms with van der Waals surface area (Å²) >= 11 is 1.61. The summed E-state index contributed by atoms with van der Waals surface area (Å²) in [5.74, 6) is -0.0154. The molecular formula is C21H26ClN3O2S. The first-order valence-electron chi connectivity index (χ1n) is 9.51. The van der Waals surface area contributed by atoms with Crippen molar-refractivity contribution in [2.45, 2.75) is 38.3 Å². The standard InChI is InChI=1S/C21H25N3O2S.ClH/c1-14-4-6-16(7-5-14)24-19(25)9-8-17(20(24)18-3-2-12-27-18)21(26)23-11-10-15(22)13-23;/h2-7,12,15,17,20H,8-11,13,22H2,1H3;1H/t15-,17?,20?;/m1./s1. The molecule has 2 saturated heterocycles. The number of carbonyl (C=O) groups is 2. The normalized spacial score (nSPS) is 24.9. The number of nitrogens with zero attached hydrogens (tertiary/aromatic N) is 2. The summed E-state index contributed by atoms with van der Waals surface area (Å²) in [5, 5.41) is 2.01. The minimum atomic E-state index is -0.252. The van der Waals surface area contributed by atoms with Crippen LogP contribution < -0.4 is 10.6 Å². The smallest absolute Gasteiger partial charge is 0.228 e. The molecule has 4 rings (SSSR count). The molecule has 150 valence electrons. The summed E-state index contributed by atoms with van der Waals surface area (Å²) in [6.07, 6.45) is 1.84. The predicted molar refractivity (Wildman–Crippen MR) is 115 cm³/mol. The molecule has 0 bridgehead atoms.